The molecule has 0 radical (unpaired) electrons. The summed E-state index contributed by atoms with van der Waals surface area (Å²) in [5, 5.41) is 0. The molecule has 1 aromatic rings. The Balaban J connectivity index is 1.77. The van der Waals surface area contributed by atoms with E-state index in [0.29, 0.717) is 19.1 Å². The van der Waals surface area contributed by atoms with Crippen molar-refractivity contribution in [3.63, 3.8) is 0 Å². The van der Waals surface area contributed by atoms with Gasteiger partial charge in [-0.3, -0.25) is 0 Å². The van der Waals surface area contributed by atoms with Crippen molar-refractivity contribution >= 4 is 9.84 Å². The van der Waals surface area contributed by atoms with Crippen LogP contribution >= 0.6 is 0 Å². The number of sulfone groups is 1. The maximum atomic E-state index is 12.2. The second-order valence-corrected chi connectivity index (χ2v) is 8.70. The molecule has 0 saturated heterocycles. The van der Waals surface area contributed by atoms with Crippen LogP contribution in [0.4, 0.5) is 0 Å². The highest BCUT2D eigenvalue weighted by Gasteiger charge is 2.22. The highest BCUT2D eigenvalue weighted by atomic mass is 32.2. The van der Waals surface area contributed by atoms with Crippen LogP contribution in [-0.4, -0.2) is 46.3 Å². The van der Waals surface area contributed by atoms with Crippen molar-refractivity contribution in [2.24, 2.45) is 5.92 Å². The average molecular weight is 366 g/mol. The van der Waals surface area contributed by atoms with Crippen LogP contribution in [0.3, 0.4) is 0 Å². The predicted molar refractivity (Wildman–Crippen MR) is 97.2 cm³/mol. The van der Waals surface area contributed by atoms with Crippen LogP contribution in [0.15, 0.2) is 24.3 Å². The summed E-state index contributed by atoms with van der Waals surface area (Å²) in [6.07, 6.45) is 2.48. The third kappa shape index (κ3) is 7.76. The number of hydrogen-bond donors (Lipinski definition) is 1. The largest absolute Gasteiger partial charge is 0.493 e. The van der Waals surface area contributed by atoms with E-state index in [2.05, 4.69) is 10.4 Å². The number of benzene rings is 1. The van der Waals surface area contributed by atoms with Gasteiger partial charge >= 0.3 is 0 Å². The van der Waals surface area contributed by atoms with E-state index in [9.17, 15) is 8.42 Å². The first-order chi connectivity index (χ1) is 12.0. The number of hydrogen-bond acceptors (Lipinski definition) is 5. The summed E-state index contributed by atoms with van der Waals surface area (Å²) in [4.78, 5) is 2.98. The van der Waals surface area contributed by atoms with Crippen molar-refractivity contribution in [3.05, 3.63) is 41.4 Å². The number of ether oxygens (including phenoxy) is 2. The van der Waals surface area contributed by atoms with Crippen LogP contribution in [0.1, 0.15) is 31.2 Å². The minimum absolute atomic E-state index is 0.00672. The quantitative estimate of drug-likeness (QED) is 0.350. The van der Waals surface area contributed by atoms with Crippen LogP contribution in [0.5, 0.6) is 5.75 Å². The second kappa shape index (κ2) is 9.64. The Labute approximate surface area is 150 Å². The second-order valence-electron chi connectivity index (χ2n) is 6.47. The maximum Gasteiger partial charge on any atom is 0.153 e. The molecule has 0 bridgehead atoms. The maximum absolute atomic E-state index is 12.2. The fraction of sp³-hybridized carbons (Fsp3) is 0.611. The zero-order valence-corrected chi connectivity index (χ0v) is 15.4. The van der Waals surface area contributed by atoms with Gasteiger partial charge in [0.2, 0.25) is 0 Å². The van der Waals surface area contributed by atoms with Crippen molar-refractivity contribution < 1.29 is 17.9 Å². The van der Waals surface area contributed by atoms with E-state index in [-0.39, 0.29) is 24.0 Å². The summed E-state index contributed by atoms with van der Waals surface area (Å²) in [6, 6.07) is 7.71. The molecule has 1 aliphatic rings. The number of nitrogens with zero attached hydrogens (tertiary/aromatic N) is 1. The summed E-state index contributed by atoms with van der Waals surface area (Å²) >= 11 is 0. The Kier molecular flexibility index (Phi) is 7.53. The summed E-state index contributed by atoms with van der Waals surface area (Å²) in [5.74, 6) is 1.48. The Morgan fingerprint density at radius 1 is 1.36 bits per heavy atom. The van der Waals surface area contributed by atoms with E-state index < -0.39 is 9.84 Å². The van der Waals surface area contributed by atoms with E-state index in [1.54, 1.807) is 0 Å². The van der Waals surface area contributed by atoms with E-state index in [1.807, 2.05) is 31.2 Å². The molecule has 0 aromatic heterocycles. The van der Waals surface area contributed by atoms with Crippen LogP contribution in [0.25, 0.3) is 4.95 Å². The van der Waals surface area contributed by atoms with Crippen molar-refractivity contribution in [1.82, 2.24) is 5.43 Å². The molecule has 0 aliphatic heterocycles. The summed E-state index contributed by atoms with van der Waals surface area (Å²) in [6.45, 7) is 10.1. The van der Waals surface area contributed by atoms with Gasteiger partial charge in [0, 0.05) is 0 Å². The molecule has 138 valence electrons. The highest BCUT2D eigenvalue weighted by Crippen LogP contribution is 2.30. The van der Waals surface area contributed by atoms with E-state index in [4.69, 9.17) is 16.0 Å². The molecule has 25 heavy (non-hydrogen) atoms. The smallest absolute Gasteiger partial charge is 0.153 e. The normalized spacial score (nSPS) is 15.4. The first kappa shape index (κ1) is 19.5. The van der Waals surface area contributed by atoms with Crippen molar-refractivity contribution in [1.29, 1.82) is 0 Å². The first-order valence-electron chi connectivity index (χ1n) is 8.60. The van der Waals surface area contributed by atoms with Gasteiger partial charge < -0.3 is 9.47 Å². The third-order valence-electron chi connectivity index (χ3n) is 4.09. The molecule has 7 heteroatoms. The van der Waals surface area contributed by atoms with Gasteiger partial charge in [0.15, 0.2) is 9.84 Å². The molecule has 1 atom stereocenters. The first-order valence-corrected chi connectivity index (χ1v) is 10.4. The number of nitrogens with one attached hydrogen (secondary N) is 1. The standard InChI is InChI=1S/C18H26N2O4S/c1-15(14-25(21,22)11-10-23-9-8-20-19-2)17-4-3-5-18(12-17)24-13-16-6-7-16/h3-5,12,15-16,20H,6-11,13-14H2,1H3/t15-/m0/s1. The monoisotopic (exact) mass is 366 g/mol. The minimum Gasteiger partial charge on any atom is -0.493 e. The zero-order chi connectivity index (χ0) is 18.1. The Bertz CT molecular complexity index is 681. The van der Waals surface area contributed by atoms with Crippen molar-refractivity contribution in [2.45, 2.75) is 25.7 Å². The van der Waals surface area contributed by atoms with Crippen molar-refractivity contribution in [2.75, 3.05) is 37.9 Å². The fourth-order valence-corrected chi connectivity index (χ4v) is 3.92. The van der Waals surface area contributed by atoms with Crippen molar-refractivity contribution in [3.8, 4) is 5.75 Å². The SMILES string of the molecule is [C-]#[N+]NCCOCCS(=O)(=O)C[C@H](C)c1cccc(OCC2CC2)c1. The van der Waals surface area contributed by atoms with Gasteiger partial charge in [-0.2, -0.15) is 11.5 Å². The molecule has 0 spiro atoms. The van der Waals surface area contributed by atoms with Crippen LogP contribution in [-0.2, 0) is 14.6 Å². The van der Waals surface area contributed by atoms with Gasteiger partial charge in [-0.05, 0) is 42.4 Å². The molecular formula is C18H26N2O4S. The molecule has 1 aromatic carbocycles. The lowest BCUT2D eigenvalue weighted by atomic mass is 10.0. The predicted octanol–water partition coefficient (Wildman–Crippen LogP) is 2.43. The molecule has 1 N–H and O–H groups in total. The van der Waals surface area contributed by atoms with Gasteiger partial charge in [-0.1, -0.05) is 19.1 Å². The summed E-state index contributed by atoms with van der Waals surface area (Å²) in [5.41, 5.74) is 3.40. The van der Waals surface area contributed by atoms with Gasteiger partial charge in [-0.15, -0.1) is 5.43 Å². The molecule has 1 saturated carbocycles. The van der Waals surface area contributed by atoms with Gasteiger partial charge in [0.25, 0.3) is 0 Å². The van der Waals surface area contributed by atoms with Gasteiger partial charge in [-0.25, -0.2) is 8.42 Å². The van der Waals surface area contributed by atoms with Gasteiger partial charge in [0.05, 0.1) is 31.3 Å². The third-order valence-corrected chi connectivity index (χ3v) is 5.89. The molecule has 1 aliphatic carbocycles. The van der Waals surface area contributed by atoms with Crippen LogP contribution in [0.2, 0.25) is 0 Å². The van der Waals surface area contributed by atoms with Crippen LogP contribution in [0, 0.1) is 12.5 Å². The minimum atomic E-state index is -3.20. The lowest BCUT2D eigenvalue weighted by Gasteiger charge is -2.14. The molecule has 0 heterocycles. The Hall–Kier alpha value is -1.78. The molecule has 2 rings (SSSR count). The fourth-order valence-electron chi connectivity index (χ4n) is 2.43. The molecular weight excluding hydrogens is 340 g/mol. The molecule has 0 amide bonds. The molecule has 6 nitrogen and oxygen atoms in total. The summed E-state index contributed by atoms with van der Waals surface area (Å²) in [7, 11) is -3.20. The number of rotatable bonds is 12. The average Bonchev–Trinajstić information content (AvgIpc) is 3.40. The zero-order valence-electron chi connectivity index (χ0n) is 14.6. The molecule has 1 fully saturated rings. The van der Waals surface area contributed by atoms with E-state index in [0.717, 1.165) is 17.9 Å². The topological polar surface area (TPSA) is 69.0 Å². The highest BCUT2D eigenvalue weighted by molar-refractivity contribution is 7.91. The lowest BCUT2D eigenvalue weighted by molar-refractivity contribution is 0.153. The van der Waals surface area contributed by atoms with Crippen LogP contribution < -0.4 is 10.2 Å². The Morgan fingerprint density at radius 2 is 2.16 bits per heavy atom. The van der Waals surface area contributed by atoms with E-state index in [1.165, 1.54) is 12.8 Å². The Morgan fingerprint density at radius 3 is 2.88 bits per heavy atom. The van der Waals surface area contributed by atoms with E-state index >= 15 is 0 Å². The van der Waals surface area contributed by atoms with Gasteiger partial charge in [0.1, 0.15) is 12.3 Å². The molecule has 0 unspecified atom stereocenters. The summed E-state index contributed by atoms with van der Waals surface area (Å²) < 4.78 is 35.5. The lowest BCUT2D eigenvalue weighted by Crippen LogP contribution is -2.21.